The number of benzene rings is 9. The summed E-state index contributed by atoms with van der Waals surface area (Å²) in [6.07, 6.45) is 0. The SMILES string of the molecule is c1ccc2cc(N(c3ccc(-c4cc(-n5c6ccccc6c6ccccc65)cc5c4sc4ccccc45)cc3)c3cccc4ccccc34)ccc2c1. The van der Waals surface area contributed by atoms with Crippen molar-refractivity contribution >= 4 is 91.9 Å². The normalized spacial score (nSPS) is 11.8. The number of thiophene rings is 1. The minimum absolute atomic E-state index is 1.12. The summed E-state index contributed by atoms with van der Waals surface area (Å²) in [5, 5.41) is 10.0. The smallest absolute Gasteiger partial charge is 0.0541 e. The zero-order valence-corrected chi connectivity index (χ0v) is 29.6. The Labute approximate surface area is 311 Å². The van der Waals surface area contributed by atoms with Gasteiger partial charge in [0.2, 0.25) is 0 Å². The molecule has 0 N–H and O–H groups in total. The van der Waals surface area contributed by atoms with Gasteiger partial charge in [0, 0.05) is 59.0 Å². The van der Waals surface area contributed by atoms with Crippen LogP contribution in [0.2, 0.25) is 0 Å². The topological polar surface area (TPSA) is 8.17 Å². The Balaban J connectivity index is 1.13. The molecule has 0 bridgehead atoms. The highest BCUT2D eigenvalue weighted by molar-refractivity contribution is 7.26. The lowest BCUT2D eigenvalue weighted by atomic mass is 10.00. The van der Waals surface area contributed by atoms with Crippen LogP contribution in [0.4, 0.5) is 17.1 Å². The van der Waals surface area contributed by atoms with Crippen molar-refractivity contribution in [3.05, 3.63) is 194 Å². The summed E-state index contributed by atoms with van der Waals surface area (Å²) in [6.45, 7) is 0. The van der Waals surface area contributed by atoms with Crippen molar-refractivity contribution in [2.24, 2.45) is 0 Å². The molecule has 0 saturated carbocycles. The number of nitrogens with zero attached hydrogens (tertiary/aromatic N) is 2. The van der Waals surface area contributed by atoms with Gasteiger partial charge in [-0.25, -0.2) is 0 Å². The molecule has 11 rings (SSSR count). The number of fused-ring (bicyclic) bond motifs is 8. The van der Waals surface area contributed by atoms with Gasteiger partial charge < -0.3 is 9.47 Å². The number of anilines is 3. The molecule has 0 aliphatic carbocycles. The fourth-order valence-electron chi connectivity index (χ4n) is 8.29. The van der Waals surface area contributed by atoms with Crippen molar-refractivity contribution in [1.29, 1.82) is 0 Å². The Hall–Kier alpha value is -6.68. The first-order chi connectivity index (χ1) is 26.3. The molecule has 0 aliphatic rings. The Morgan fingerprint density at radius 2 is 1.00 bits per heavy atom. The molecule has 0 fully saturated rings. The third kappa shape index (κ3) is 4.78. The highest BCUT2D eigenvalue weighted by Crippen LogP contribution is 2.45. The van der Waals surface area contributed by atoms with Gasteiger partial charge in [0.05, 0.1) is 16.7 Å². The fourth-order valence-corrected chi connectivity index (χ4v) is 9.51. The van der Waals surface area contributed by atoms with E-state index < -0.39 is 0 Å². The lowest BCUT2D eigenvalue weighted by molar-refractivity contribution is 1.19. The first-order valence-electron chi connectivity index (χ1n) is 18.1. The second-order valence-corrected chi connectivity index (χ2v) is 14.8. The molecular formula is C50H32N2S. The van der Waals surface area contributed by atoms with Crippen LogP contribution in [0.5, 0.6) is 0 Å². The molecule has 53 heavy (non-hydrogen) atoms. The Kier molecular flexibility index (Phi) is 6.76. The van der Waals surface area contributed by atoms with Crippen molar-refractivity contribution in [3.8, 4) is 16.8 Å². The minimum atomic E-state index is 1.12. The van der Waals surface area contributed by atoms with E-state index in [0.29, 0.717) is 0 Å². The fraction of sp³-hybridized carbons (Fsp3) is 0. The monoisotopic (exact) mass is 692 g/mol. The van der Waals surface area contributed by atoms with Gasteiger partial charge in [-0.3, -0.25) is 0 Å². The largest absolute Gasteiger partial charge is 0.310 e. The van der Waals surface area contributed by atoms with E-state index in [1.165, 1.54) is 80.3 Å². The van der Waals surface area contributed by atoms with Crippen molar-refractivity contribution in [2.75, 3.05) is 4.90 Å². The van der Waals surface area contributed by atoms with Gasteiger partial charge in [-0.2, -0.15) is 0 Å². The number of hydrogen-bond acceptors (Lipinski definition) is 2. The third-order valence-corrected chi connectivity index (χ3v) is 12.0. The van der Waals surface area contributed by atoms with Crippen LogP contribution in [0.25, 0.3) is 80.3 Å². The molecular weight excluding hydrogens is 661 g/mol. The molecule has 9 aromatic carbocycles. The molecule has 3 heteroatoms. The van der Waals surface area contributed by atoms with E-state index in [9.17, 15) is 0 Å². The summed E-state index contributed by atoms with van der Waals surface area (Å²) in [6, 6.07) is 71.0. The van der Waals surface area contributed by atoms with Crippen LogP contribution in [0.3, 0.4) is 0 Å². The molecule has 0 aliphatic heterocycles. The first-order valence-corrected chi connectivity index (χ1v) is 18.9. The van der Waals surface area contributed by atoms with E-state index in [2.05, 4.69) is 204 Å². The molecule has 11 aromatic rings. The van der Waals surface area contributed by atoms with E-state index in [-0.39, 0.29) is 0 Å². The molecule has 0 spiro atoms. The van der Waals surface area contributed by atoms with E-state index >= 15 is 0 Å². The maximum Gasteiger partial charge on any atom is 0.0541 e. The Morgan fingerprint density at radius 3 is 1.77 bits per heavy atom. The summed E-state index contributed by atoms with van der Waals surface area (Å²) in [7, 11) is 0. The number of hydrogen-bond donors (Lipinski definition) is 0. The predicted molar refractivity (Wildman–Crippen MR) is 229 cm³/mol. The second kappa shape index (κ2) is 11.9. The quantitative estimate of drug-likeness (QED) is 0.174. The van der Waals surface area contributed by atoms with Crippen LogP contribution >= 0.6 is 11.3 Å². The first kappa shape index (κ1) is 30.0. The third-order valence-electron chi connectivity index (χ3n) is 10.7. The highest BCUT2D eigenvalue weighted by atomic mass is 32.1. The number of para-hydroxylation sites is 2. The molecule has 0 saturated heterocycles. The Bertz CT molecular complexity index is 3130. The summed E-state index contributed by atoms with van der Waals surface area (Å²) < 4.78 is 5.05. The van der Waals surface area contributed by atoms with Crippen LogP contribution in [0.1, 0.15) is 0 Å². The molecule has 2 heterocycles. The van der Waals surface area contributed by atoms with E-state index in [4.69, 9.17) is 0 Å². The molecule has 2 aromatic heterocycles. The zero-order chi connectivity index (χ0) is 34.9. The summed E-state index contributed by atoms with van der Waals surface area (Å²) in [5.41, 5.74) is 9.46. The average Bonchev–Trinajstić information content (AvgIpc) is 3.77. The van der Waals surface area contributed by atoms with Crippen molar-refractivity contribution < 1.29 is 0 Å². The van der Waals surface area contributed by atoms with E-state index in [1.54, 1.807) is 0 Å². The molecule has 248 valence electrons. The van der Waals surface area contributed by atoms with E-state index in [0.717, 1.165) is 17.1 Å². The summed E-state index contributed by atoms with van der Waals surface area (Å²) in [4.78, 5) is 2.40. The predicted octanol–water partition coefficient (Wildman–Crippen LogP) is 14.6. The van der Waals surface area contributed by atoms with Gasteiger partial charge in [-0.05, 0) is 82.4 Å². The maximum absolute atomic E-state index is 2.44. The minimum Gasteiger partial charge on any atom is -0.310 e. The molecule has 0 amide bonds. The van der Waals surface area contributed by atoms with Crippen LogP contribution in [0, 0.1) is 0 Å². The van der Waals surface area contributed by atoms with Gasteiger partial charge in [0.1, 0.15) is 0 Å². The molecule has 0 radical (unpaired) electrons. The zero-order valence-electron chi connectivity index (χ0n) is 28.8. The summed E-state index contributed by atoms with van der Waals surface area (Å²) >= 11 is 1.88. The van der Waals surface area contributed by atoms with Gasteiger partial charge in [-0.1, -0.05) is 133 Å². The molecule has 0 unspecified atom stereocenters. The lowest BCUT2D eigenvalue weighted by Crippen LogP contribution is -2.10. The van der Waals surface area contributed by atoms with Crippen molar-refractivity contribution in [2.45, 2.75) is 0 Å². The average molecular weight is 693 g/mol. The van der Waals surface area contributed by atoms with Crippen molar-refractivity contribution in [3.63, 3.8) is 0 Å². The van der Waals surface area contributed by atoms with Gasteiger partial charge >= 0.3 is 0 Å². The van der Waals surface area contributed by atoms with Gasteiger partial charge in [-0.15, -0.1) is 11.3 Å². The van der Waals surface area contributed by atoms with Gasteiger partial charge in [0.15, 0.2) is 0 Å². The van der Waals surface area contributed by atoms with Crippen LogP contribution in [0.15, 0.2) is 194 Å². The lowest BCUT2D eigenvalue weighted by Gasteiger charge is -2.27. The second-order valence-electron chi connectivity index (χ2n) is 13.7. The molecule has 2 nitrogen and oxygen atoms in total. The van der Waals surface area contributed by atoms with Crippen molar-refractivity contribution in [1.82, 2.24) is 4.57 Å². The number of aromatic nitrogens is 1. The standard InChI is InChI=1S/C50H32N2S/c1-2-14-36-30-38(29-24-33(36)12-1)51(46-22-11-15-34-13-3-4-16-40(34)46)37-27-25-35(26-28-37)44-31-39(32-45-43-19-7-10-23-49(43)53-50(44)45)52-47-20-8-5-17-41(47)42-18-6-9-21-48(42)52/h1-32H. The number of rotatable bonds is 5. The highest BCUT2D eigenvalue weighted by Gasteiger charge is 2.19. The van der Waals surface area contributed by atoms with Crippen LogP contribution in [-0.2, 0) is 0 Å². The Morgan fingerprint density at radius 1 is 0.396 bits per heavy atom. The summed E-state index contributed by atoms with van der Waals surface area (Å²) in [5.74, 6) is 0. The van der Waals surface area contributed by atoms with Gasteiger partial charge in [0.25, 0.3) is 0 Å². The van der Waals surface area contributed by atoms with Crippen LogP contribution < -0.4 is 4.90 Å². The molecule has 0 atom stereocenters. The van der Waals surface area contributed by atoms with Crippen LogP contribution in [-0.4, -0.2) is 4.57 Å². The maximum atomic E-state index is 2.44. The van der Waals surface area contributed by atoms with E-state index in [1.807, 2.05) is 11.3 Å².